The number of hydrogen-bond donors (Lipinski definition) is 0. The van der Waals surface area contributed by atoms with E-state index in [9.17, 15) is 8.78 Å². The molecule has 4 nitrogen and oxygen atoms in total. The fraction of sp³-hybridized carbons (Fsp3) is 0.130. The standard InChI is InChI=1S/C23H19F2N3OS/c1-16(29-21-14-8-7-13-20(21)25)22-26-27-23(28(22)18-10-3-2-4-11-18)30-15-17-9-5-6-12-19(17)24/h2-14,16H,15H2,1H3. The van der Waals surface area contributed by atoms with Gasteiger partial charge in [0.2, 0.25) is 0 Å². The van der Waals surface area contributed by atoms with Gasteiger partial charge in [0.1, 0.15) is 5.82 Å². The highest BCUT2D eigenvalue weighted by atomic mass is 32.2. The molecule has 0 spiro atoms. The zero-order valence-corrected chi connectivity index (χ0v) is 17.0. The SMILES string of the molecule is CC(Oc1ccccc1F)c1nnc(SCc2ccccc2F)n1-c1ccccc1. The van der Waals surface area contributed by atoms with Crippen LogP contribution in [0.1, 0.15) is 24.4 Å². The zero-order valence-electron chi connectivity index (χ0n) is 16.2. The molecule has 0 N–H and O–H groups in total. The van der Waals surface area contributed by atoms with Gasteiger partial charge in [-0.25, -0.2) is 8.78 Å². The first-order valence-electron chi connectivity index (χ1n) is 9.41. The number of thioether (sulfide) groups is 1. The van der Waals surface area contributed by atoms with Crippen molar-refractivity contribution < 1.29 is 13.5 Å². The van der Waals surface area contributed by atoms with Crippen molar-refractivity contribution in [2.24, 2.45) is 0 Å². The van der Waals surface area contributed by atoms with Gasteiger partial charge >= 0.3 is 0 Å². The van der Waals surface area contributed by atoms with Gasteiger partial charge in [-0.2, -0.15) is 0 Å². The summed E-state index contributed by atoms with van der Waals surface area (Å²) in [6.45, 7) is 1.79. The minimum absolute atomic E-state index is 0.146. The molecule has 0 aliphatic carbocycles. The van der Waals surface area contributed by atoms with Crippen LogP contribution in [0.4, 0.5) is 8.78 Å². The molecule has 0 amide bonds. The van der Waals surface area contributed by atoms with E-state index in [0.717, 1.165) is 5.69 Å². The van der Waals surface area contributed by atoms with Crippen molar-refractivity contribution in [1.82, 2.24) is 14.8 Å². The van der Waals surface area contributed by atoms with Gasteiger partial charge in [-0.3, -0.25) is 4.57 Å². The lowest BCUT2D eigenvalue weighted by atomic mass is 10.2. The normalized spacial score (nSPS) is 12.0. The van der Waals surface area contributed by atoms with Gasteiger partial charge in [-0.15, -0.1) is 10.2 Å². The monoisotopic (exact) mass is 423 g/mol. The van der Waals surface area contributed by atoms with E-state index in [2.05, 4.69) is 10.2 Å². The summed E-state index contributed by atoms with van der Waals surface area (Å²) in [5.41, 5.74) is 1.43. The second-order valence-corrected chi connectivity index (χ2v) is 7.52. The summed E-state index contributed by atoms with van der Waals surface area (Å²) in [6.07, 6.45) is -0.558. The van der Waals surface area contributed by atoms with Crippen molar-refractivity contribution in [2.45, 2.75) is 23.9 Å². The van der Waals surface area contributed by atoms with Crippen LogP contribution in [0.3, 0.4) is 0 Å². The zero-order chi connectivity index (χ0) is 20.9. The largest absolute Gasteiger partial charge is 0.480 e. The number of ether oxygens (including phenoxy) is 1. The van der Waals surface area contributed by atoms with Gasteiger partial charge in [-0.1, -0.05) is 60.3 Å². The van der Waals surface area contributed by atoms with Crippen molar-refractivity contribution in [3.05, 3.63) is 102 Å². The lowest BCUT2D eigenvalue weighted by Crippen LogP contribution is -2.12. The summed E-state index contributed by atoms with van der Waals surface area (Å²) < 4.78 is 35.7. The first-order chi connectivity index (χ1) is 14.6. The van der Waals surface area contributed by atoms with E-state index in [1.54, 1.807) is 43.3 Å². The predicted molar refractivity (Wildman–Crippen MR) is 113 cm³/mol. The Morgan fingerprint density at radius 3 is 2.27 bits per heavy atom. The van der Waals surface area contributed by atoms with Crippen molar-refractivity contribution in [2.75, 3.05) is 0 Å². The van der Waals surface area contributed by atoms with Crippen molar-refractivity contribution in [3.63, 3.8) is 0 Å². The first kappa shape index (κ1) is 20.1. The summed E-state index contributed by atoms with van der Waals surface area (Å²) >= 11 is 1.38. The Labute approximate surface area is 177 Å². The molecule has 0 aliphatic rings. The topological polar surface area (TPSA) is 39.9 Å². The molecule has 30 heavy (non-hydrogen) atoms. The highest BCUT2D eigenvalue weighted by Gasteiger charge is 2.22. The van der Waals surface area contributed by atoms with E-state index in [0.29, 0.717) is 22.3 Å². The highest BCUT2D eigenvalue weighted by Crippen LogP contribution is 2.30. The molecular formula is C23H19F2N3OS. The van der Waals surface area contributed by atoms with Crippen LogP contribution >= 0.6 is 11.8 Å². The number of hydrogen-bond acceptors (Lipinski definition) is 4. The van der Waals surface area contributed by atoms with E-state index < -0.39 is 11.9 Å². The molecule has 152 valence electrons. The summed E-state index contributed by atoms with van der Waals surface area (Å²) in [5, 5.41) is 9.21. The quantitative estimate of drug-likeness (QED) is 0.343. The molecule has 1 heterocycles. The minimum Gasteiger partial charge on any atom is -0.480 e. The fourth-order valence-electron chi connectivity index (χ4n) is 3.00. The molecule has 1 aromatic heterocycles. The molecule has 4 aromatic rings. The Morgan fingerprint density at radius 2 is 1.53 bits per heavy atom. The molecule has 4 rings (SSSR count). The van der Waals surface area contributed by atoms with Crippen LogP contribution in [0, 0.1) is 11.6 Å². The molecular weight excluding hydrogens is 404 g/mol. The van der Waals surface area contributed by atoms with Gasteiger partial charge in [0.05, 0.1) is 0 Å². The van der Waals surface area contributed by atoms with Crippen molar-refractivity contribution >= 4 is 11.8 Å². The van der Waals surface area contributed by atoms with Crippen LogP contribution < -0.4 is 4.74 Å². The van der Waals surface area contributed by atoms with Crippen LogP contribution in [0.2, 0.25) is 0 Å². The molecule has 0 saturated carbocycles. The summed E-state index contributed by atoms with van der Waals surface area (Å²) in [7, 11) is 0. The fourth-order valence-corrected chi connectivity index (χ4v) is 3.94. The van der Waals surface area contributed by atoms with Gasteiger partial charge in [-0.05, 0) is 42.8 Å². The van der Waals surface area contributed by atoms with Crippen LogP contribution in [0.5, 0.6) is 5.75 Å². The van der Waals surface area contributed by atoms with Gasteiger partial charge in [0.25, 0.3) is 0 Å². The average molecular weight is 423 g/mol. The van der Waals surface area contributed by atoms with Crippen molar-refractivity contribution in [1.29, 1.82) is 0 Å². The third-order valence-corrected chi connectivity index (χ3v) is 5.47. The Kier molecular flexibility index (Phi) is 6.09. The van der Waals surface area contributed by atoms with E-state index in [1.807, 2.05) is 34.9 Å². The number of halogens is 2. The Balaban J connectivity index is 1.65. The number of rotatable bonds is 7. The van der Waals surface area contributed by atoms with Gasteiger partial charge in [0.15, 0.2) is 28.7 Å². The summed E-state index contributed by atoms with van der Waals surface area (Å²) in [5.74, 6) is 0.380. The smallest absolute Gasteiger partial charge is 0.196 e. The predicted octanol–water partition coefficient (Wildman–Crippen LogP) is 5.98. The minimum atomic E-state index is -0.558. The van der Waals surface area contributed by atoms with E-state index in [1.165, 1.54) is 23.9 Å². The highest BCUT2D eigenvalue weighted by molar-refractivity contribution is 7.98. The lowest BCUT2D eigenvalue weighted by Gasteiger charge is -2.17. The van der Waals surface area contributed by atoms with E-state index in [-0.39, 0.29) is 11.6 Å². The molecule has 0 saturated heterocycles. The second kappa shape index (κ2) is 9.09. The molecule has 0 aliphatic heterocycles. The third kappa shape index (κ3) is 4.36. The summed E-state index contributed by atoms with van der Waals surface area (Å²) in [4.78, 5) is 0. The van der Waals surface area contributed by atoms with Crippen LogP contribution in [0.15, 0.2) is 84.0 Å². The molecule has 0 fully saturated rings. The average Bonchev–Trinajstić information content (AvgIpc) is 3.19. The number of aromatic nitrogens is 3. The maximum atomic E-state index is 14.0. The third-order valence-electron chi connectivity index (χ3n) is 4.49. The maximum absolute atomic E-state index is 14.0. The molecule has 0 radical (unpaired) electrons. The molecule has 7 heteroatoms. The molecule has 0 bridgehead atoms. The molecule has 1 unspecified atom stereocenters. The Hall–Kier alpha value is -3.19. The van der Waals surface area contributed by atoms with Crippen LogP contribution in [0.25, 0.3) is 5.69 Å². The van der Waals surface area contributed by atoms with Crippen LogP contribution in [-0.4, -0.2) is 14.8 Å². The maximum Gasteiger partial charge on any atom is 0.196 e. The number of nitrogens with zero attached hydrogens (tertiary/aromatic N) is 3. The first-order valence-corrected chi connectivity index (χ1v) is 10.4. The van der Waals surface area contributed by atoms with Crippen LogP contribution in [-0.2, 0) is 5.75 Å². The molecule has 3 aromatic carbocycles. The molecule has 1 atom stereocenters. The van der Waals surface area contributed by atoms with E-state index in [4.69, 9.17) is 4.74 Å². The Morgan fingerprint density at radius 1 is 0.867 bits per heavy atom. The van der Waals surface area contributed by atoms with Gasteiger partial charge < -0.3 is 4.74 Å². The van der Waals surface area contributed by atoms with E-state index >= 15 is 0 Å². The number of para-hydroxylation sites is 2. The van der Waals surface area contributed by atoms with Gasteiger partial charge in [0, 0.05) is 11.4 Å². The lowest BCUT2D eigenvalue weighted by molar-refractivity contribution is 0.204. The van der Waals surface area contributed by atoms with Crippen molar-refractivity contribution in [3.8, 4) is 11.4 Å². The summed E-state index contributed by atoms with van der Waals surface area (Å²) in [6, 6.07) is 22.5. The number of benzene rings is 3. The second-order valence-electron chi connectivity index (χ2n) is 6.58. The Bertz CT molecular complexity index is 1130.